The highest BCUT2D eigenvalue weighted by atomic mass is 35.5. The predicted octanol–water partition coefficient (Wildman–Crippen LogP) is 6.67. The van der Waals surface area contributed by atoms with Crippen LogP contribution in [0.4, 0.5) is 5.69 Å². The molecular formula is C22H18Cl2N2S. The van der Waals surface area contributed by atoms with Crippen LogP contribution in [0.1, 0.15) is 11.1 Å². The van der Waals surface area contributed by atoms with Crippen molar-refractivity contribution in [3.05, 3.63) is 80.5 Å². The van der Waals surface area contributed by atoms with Gasteiger partial charge in [-0.15, -0.1) is 0 Å². The zero-order valence-corrected chi connectivity index (χ0v) is 17.2. The van der Waals surface area contributed by atoms with E-state index in [2.05, 4.69) is 53.0 Å². The topological polar surface area (TPSA) is 15.6 Å². The van der Waals surface area contributed by atoms with Crippen LogP contribution < -0.4 is 4.90 Å². The van der Waals surface area contributed by atoms with Gasteiger partial charge in [0.15, 0.2) is 0 Å². The Labute approximate surface area is 173 Å². The van der Waals surface area contributed by atoms with Crippen molar-refractivity contribution in [2.75, 3.05) is 25.0 Å². The smallest absolute Gasteiger partial charge is 0.0668 e. The lowest BCUT2D eigenvalue weighted by Crippen LogP contribution is -2.20. The standard InChI is InChI=1S/C22H18Cl2N2S/c1-26-10-9-25-21(7-3-15-2-6-19(23)20(24)12-15)18-5-4-16(13-22(18)26)17-8-11-27-14-17/h2-8,11-14H,9-10H2,1H3/b7-3+. The van der Waals surface area contributed by atoms with Gasteiger partial charge in [0.1, 0.15) is 0 Å². The molecule has 0 radical (unpaired) electrons. The van der Waals surface area contributed by atoms with Crippen LogP contribution in [0.3, 0.4) is 0 Å². The van der Waals surface area contributed by atoms with Gasteiger partial charge in [-0.05, 0) is 57.8 Å². The quantitative estimate of drug-likeness (QED) is 0.468. The number of aliphatic imine (C=N–C) groups is 1. The molecule has 1 aliphatic rings. The van der Waals surface area contributed by atoms with Crippen LogP contribution in [0.15, 0.2) is 64.3 Å². The molecule has 0 N–H and O–H groups in total. The monoisotopic (exact) mass is 412 g/mol. The normalized spacial score (nSPS) is 14.2. The summed E-state index contributed by atoms with van der Waals surface area (Å²) >= 11 is 13.8. The molecule has 0 fully saturated rings. The zero-order valence-electron chi connectivity index (χ0n) is 14.8. The largest absolute Gasteiger partial charge is 0.372 e. The van der Waals surface area contributed by atoms with E-state index in [4.69, 9.17) is 28.2 Å². The number of allylic oxidation sites excluding steroid dienone is 1. The Morgan fingerprint density at radius 1 is 1.00 bits per heavy atom. The molecule has 136 valence electrons. The summed E-state index contributed by atoms with van der Waals surface area (Å²) in [5.74, 6) is 0. The van der Waals surface area contributed by atoms with Crippen LogP contribution in [-0.4, -0.2) is 25.8 Å². The van der Waals surface area contributed by atoms with E-state index in [0.717, 1.165) is 29.9 Å². The van der Waals surface area contributed by atoms with E-state index in [1.54, 1.807) is 11.3 Å². The van der Waals surface area contributed by atoms with Crippen molar-refractivity contribution in [2.24, 2.45) is 4.99 Å². The molecule has 0 atom stereocenters. The molecule has 0 bridgehead atoms. The first-order valence-electron chi connectivity index (χ1n) is 8.67. The van der Waals surface area contributed by atoms with Gasteiger partial charge in [0.05, 0.1) is 22.3 Å². The summed E-state index contributed by atoms with van der Waals surface area (Å²) in [4.78, 5) is 7.07. The SMILES string of the molecule is CN1CCN=C(/C=C/c2ccc(Cl)c(Cl)c2)c2ccc(-c3ccsc3)cc21. The van der Waals surface area contributed by atoms with Crippen molar-refractivity contribution in [1.29, 1.82) is 0 Å². The minimum Gasteiger partial charge on any atom is -0.372 e. The molecule has 2 heterocycles. The van der Waals surface area contributed by atoms with Crippen molar-refractivity contribution >= 4 is 52.0 Å². The number of anilines is 1. The maximum absolute atomic E-state index is 6.13. The molecule has 0 saturated carbocycles. The van der Waals surface area contributed by atoms with Gasteiger partial charge in [0.2, 0.25) is 0 Å². The summed E-state index contributed by atoms with van der Waals surface area (Å²) in [6, 6.07) is 14.4. The highest BCUT2D eigenvalue weighted by Crippen LogP contribution is 2.31. The van der Waals surface area contributed by atoms with Gasteiger partial charge in [-0.25, -0.2) is 0 Å². The van der Waals surface area contributed by atoms with Gasteiger partial charge in [0, 0.05) is 24.8 Å². The molecule has 5 heteroatoms. The summed E-state index contributed by atoms with van der Waals surface area (Å²) in [7, 11) is 2.12. The third-order valence-electron chi connectivity index (χ3n) is 4.63. The van der Waals surface area contributed by atoms with Crippen LogP contribution in [0.25, 0.3) is 17.2 Å². The fourth-order valence-electron chi connectivity index (χ4n) is 3.13. The first kappa shape index (κ1) is 18.3. The molecule has 3 aromatic rings. The van der Waals surface area contributed by atoms with Crippen molar-refractivity contribution in [1.82, 2.24) is 0 Å². The lowest BCUT2D eigenvalue weighted by atomic mass is 10.0. The summed E-state index contributed by atoms with van der Waals surface area (Å²) in [6.07, 6.45) is 4.09. The molecule has 27 heavy (non-hydrogen) atoms. The fourth-order valence-corrected chi connectivity index (χ4v) is 4.10. The van der Waals surface area contributed by atoms with E-state index < -0.39 is 0 Å². The van der Waals surface area contributed by atoms with Gasteiger partial charge in [-0.3, -0.25) is 4.99 Å². The summed E-state index contributed by atoms with van der Waals surface area (Å²) < 4.78 is 0. The Morgan fingerprint density at radius 2 is 1.89 bits per heavy atom. The number of benzene rings is 2. The summed E-state index contributed by atoms with van der Waals surface area (Å²) in [5, 5.41) is 5.41. The molecule has 4 rings (SSSR count). The average Bonchev–Trinajstić information content (AvgIpc) is 3.16. The number of thiophene rings is 1. The number of fused-ring (bicyclic) bond motifs is 1. The number of rotatable bonds is 3. The molecule has 0 saturated heterocycles. The number of halogens is 2. The Hall–Kier alpha value is -2.07. The van der Waals surface area contributed by atoms with E-state index >= 15 is 0 Å². The maximum Gasteiger partial charge on any atom is 0.0668 e. The molecule has 0 unspecified atom stereocenters. The minimum absolute atomic E-state index is 0.558. The molecule has 2 aromatic carbocycles. The number of hydrogen-bond donors (Lipinski definition) is 0. The second kappa shape index (κ2) is 7.89. The number of likely N-dealkylation sites (N-methyl/N-ethyl adjacent to an activating group) is 1. The predicted molar refractivity (Wildman–Crippen MR) is 120 cm³/mol. The summed E-state index contributed by atoms with van der Waals surface area (Å²) in [5.41, 5.74) is 6.82. The zero-order chi connectivity index (χ0) is 18.8. The Balaban J connectivity index is 1.70. The van der Waals surface area contributed by atoms with Crippen molar-refractivity contribution < 1.29 is 0 Å². The molecule has 0 spiro atoms. The Bertz CT molecular complexity index is 1020. The van der Waals surface area contributed by atoms with Crippen LogP contribution >= 0.6 is 34.5 Å². The van der Waals surface area contributed by atoms with Crippen LogP contribution in [0.5, 0.6) is 0 Å². The van der Waals surface area contributed by atoms with Crippen molar-refractivity contribution in [3.63, 3.8) is 0 Å². The Kier molecular flexibility index (Phi) is 5.35. The second-order valence-electron chi connectivity index (χ2n) is 6.44. The van der Waals surface area contributed by atoms with E-state index in [9.17, 15) is 0 Å². The molecule has 2 nitrogen and oxygen atoms in total. The molecule has 1 aliphatic heterocycles. The lowest BCUT2D eigenvalue weighted by Gasteiger charge is -2.20. The van der Waals surface area contributed by atoms with E-state index in [1.807, 2.05) is 24.3 Å². The van der Waals surface area contributed by atoms with E-state index in [1.165, 1.54) is 16.8 Å². The van der Waals surface area contributed by atoms with E-state index in [0.29, 0.717) is 10.0 Å². The van der Waals surface area contributed by atoms with Gasteiger partial charge in [0.25, 0.3) is 0 Å². The molecular weight excluding hydrogens is 395 g/mol. The first-order chi connectivity index (χ1) is 13.1. The van der Waals surface area contributed by atoms with Gasteiger partial charge >= 0.3 is 0 Å². The maximum atomic E-state index is 6.13. The second-order valence-corrected chi connectivity index (χ2v) is 8.03. The van der Waals surface area contributed by atoms with Crippen LogP contribution in [-0.2, 0) is 0 Å². The first-order valence-corrected chi connectivity index (χ1v) is 10.4. The fraction of sp³-hybridized carbons (Fsp3) is 0.136. The van der Waals surface area contributed by atoms with Crippen molar-refractivity contribution in [2.45, 2.75) is 0 Å². The van der Waals surface area contributed by atoms with Crippen LogP contribution in [0, 0.1) is 0 Å². The Morgan fingerprint density at radius 3 is 2.67 bits per heavy atom. The highest BCUT2D eigenvalue weighted by Gasteiger charge is 2.16. The average molecular weight is 413 g/mol. The molecule has 0 amide bonds. The highest BCUT2D eigenvalue weighted by molar-refractivity contribution is 7.08. The minimum atomic E-state index is 0.558. The number of hydrogen-bond acceptors (Lipinski definition) is 3. The lowest BCUT2D eigenvalue weighted by molar-refractivity contribution is 0.897. The van der Waals surface area contributed by atoms with Gasteiger partial charge in [-0.2, -0.15) is 11.3 Å². The molecule has 1 aromatic heterocycles. The van der Waals surface area contributed by atoms with E-state index in [-0.39, 0.29) is 0 Å². The molecule has 0 aliphatic carbocycles. The summed E-state index contributed by atoms with van der Waals surface area (Å²) in [6.45, 7) is 1.66. The number of nitrogens with zero attached hydrogens (tertiary/aromatic N) is 2. The van der Waals surface area contributed by atoms with Crippen molar-refractivity contribution in [3.8, 4) is 11.1 Å². The third kappa shape index (κ3) is 3.96. The van der Waals surface area contributed by atoms with Crippen LogP contribution in [0.2, 0.25) is 10.0 Å². The third-order valence-corrected chi connectivity index (χ3v) is 6.06. The number of benzodiazepines with no additional fused rings is 1. The van der Waals surface area contributed by atoms with Gasteiger partial charge in [-0.1, -0.05) is 47.5 Å². The van der Waals surface area contributed by atoms with Gasteiger partial charge < -0.3 is 4.90 Å².